The zero-order chi connectivity index (χ0) is 17.1. The van der Waals surface area contributed by atoms with Gasteiger partial charge in [0.25, 0.3) is 0 Å². The van der Waals surface area contributed by atoms with Crippen molar-refractivity contribution in [3.05, 3.63) is 58.7 Å². The van der Waals surface area contributed by atoms with Crippen LogP contribution in [0.3, 0.4) is 0 Å². The number of hydrogen-bond donors (Lipinski definition) is 0. The number of fused-ring (bicyclic) bond motifs is 1. The van der Waals surface area contributed by atoms with Gasteiger partial charge in [-0.05, 0) is 68.5 Å². The summed E-state index contributed by atoms with van der Waals surface area (Å²) in [6.45, 7) is 7.97. The molecule has 0 atom stereocenters. The zero-order valence-electron chi connectivity index (χ0n) is 14.8. The van der Waals surface area contributed by atoms with Gasteiger partial charge in [-0.15, -0.1) is 0 Å². The Kier molecular flexibility index (Phi) is 4.89. The van der Waals surface area contributed by atoms with E-state index in [0.29, 0.717) is 13.2 Å². The molecule has 24 heavy (non-hydrogen) atoms. The third kappa shape index (κ3) is 3.30. The molecule has 3 heteroatoms. The van der Waals surface area contributed by atoms with E-state index in [1.807, 2.05) is 32.9 Å². The third-order valence-electron chi connectivity index (χ3n) is 4.64. The number of benzene rings is 2. The molecule has 1 aliphatic heterocycles. The Bertz CT molecular complexity index is 728. The molecule has 0 bridgehead atoms. The van der Waals surface area contributed by atoms with Gasteiger partial charge in [0.05, 0.1) is 13.2 Å². The first-order valence-electron chi connectivity index (χ1n) is 8.70. The first-order valence-corrected chi connectivity index (χ1v) is 8.70. The summed E-state index contributed by atoms with van der Waals surface area (Å²) in [6, 6.07) is 12.3. The predicted octanol–water partition coefficient (Wildman–Crippen LogP) is 4.34. The molecule has 0 radical (unpaired) electrons. The van der Waals surface area contributed by atoms with Crippen molar-refractivity contribution < 1.29 is 9.53 Å². The Morgan fingerprint density at radius 2 is 1.88 bits per heavy atom. The number of anilines is 1. The summed E-state index contributed by atoms with van der Waals surface area (Å²) in [5.41, 5.74) is 5.37. The normalized spacial score (nSPS) is 13.5. The smallest absolute Gasteiger partial charge is 0.182 e. The average molecular weight is 323 g/mol. The highest BCUT2D eigenvalue weighted by atomic mass is 16.5. The summed E-state index contributed by atoms with van der Waals surface area (Å²) in [4.78, 5) is 15.2. The van der Waals surface area contributed by atoms with E-state index in [0.717, 1.165) is 41.8 Å². The van der Waals surface area contributed by atoms with E-state index in [1.54, 1.807) is 0 Å². The van der Waals surface area contributed by atoms with Crippen LogP contribution in [-0.4, -0.2) is 25.5 Å². The number of nitrogens with zero attached hydrogens (tertiary/aromatic N) is 1. The van der Waals surface area contributed by atoms with Crippen molar-refractivity contribution in [1.29, 1.82) is 0 Å². The average Bonchev–Trinajstić information content (AvgIpc) is 2.55. The number of Topliss-reactive ketones (excluding diaryl/α,β-unsaturated/α-hetero) is 1. The van der Waals surface area contributed by atoms with E-state index >= 15 is 0 Å². The van der Waals surface area contributed by atoms with Gasteiger partial charge in [0.15, 0.2) is 5.78 Å². The maximum atomic E-state index is 13.0. The van der Waals surface area contributed by atoms with Crippen LogP contribution in [0.15, 0.2) is 36.4 Å². The number of hydrogen-bond acceptors (Lipinski definition) is 3. The molecule has 0 fully saturated rings. The van der Waals surface area contributed by atoms with Crippen LogP contribution in [0.2, 0.25) is 0 Å². The summed E-state index contributed by atoms with van der Waals surface area (Å²) in [5.74, 6) is 1.03. The van der Waals surface area contributed by atoms with E-state index in [2.05, 4.69) is 29.2 Å². The van der Waals surface area contributed by atoms with Crippen LogP contribution in [0.5, 0.6) is 5.75 Å². The number of rotatable bonds is 5. The van der Waals surface area contributed by atoms with Crippen molar-refractivity contribution >= 4 is 11.5 Å². The van der Waals surface area contributed by atoms with Crippen LogP contribution in [-0.2, 0) is 6.42 Å². The van der Waals surface area contributed by atoms with E-state index in [1.165, 1.54) is 11.3 Å². The highest BCUT2D eigenvalue weighted by molar-refractivity contribution is 6.02. The molecule has 2 aromatic rings. The quantitative estimate of drug-likeness (QED) is 0.767. The maximum Gasteiger partial charge on any atom is 0.182 e. The number of ether oxygens (including phenoxy) is 1. The molecule has 1 heterocycles. The largest absolute Gasteiger partial charge is 0.494 e. The summed E-state index contributed by atoms with van der Waals surface area (Å²) in [6.07, 6.45) is 2.20. The highest BCUT2D eigenvalue weighted by Gasteiger charge is 2.21. The highest BCUT2D eigenvalue weighted by Crippen LogP contribution is 2.28. The Morgan fingerprint density at radius 3 is 2.58 bits per heavy atom. The number of carbonyl (C=O) groups excluding carboxylic acids is 1. The molecule has 2 aromatic carbocycles. The van der Waals surface area contributed by atoms with E-state index < -0.39 is 0 Å². The third-order valence-corrected chi connectivity index (χ3v) is 4.64. The van der Waals surface area contributed by atoms with Crippen LogP contribution in [0.4, 0.5) is 5.69 Å². The lowest BCUT2D eigenvalue weighted by molar-refractivity contribution is 0.0997. The molecule has 0 unspecified atom stereocenters. The molecule has 3 rings (SSSR count). The van der Waals surface area contributed by atoms with Gasteiger partial charge < -0.3 is 9.64 Å². The number of aryl methyl sites for hydroxylation is 3. The molecular formula is C21H25NO2. The Balaban J connectivity index is 1.84. The molecule has 0 saturated carbocycles. The van der Waals surface area contributed by atoms with Gasteiger partial charge in [0.2, 0.25) is 0 Å². The van der Waals surface area contributed by atoms with Crippen molar-refractivity contribution in [2.45, 2.75) is 33.6 Å². The lowest BCUT2D eigenvalue weighted by Crippen LogP contribution is -2.34. The van der Waals surface area contributed by atoms with Crippen molar-refractivity contribution in [2.24, 2.45) is 0 Å². The molecule has 0 aliphatic carbocycles. The first kappa shape index (κ1) is 16.6. The summed E-state index contributed by atoms with van der Waals surface area (Å²) in [7, 11) is 0. The number of para-hydroxylation sites is 1. The van der Waals surface area contributed by atoms with Gasteiger partial charge >= 0.3 is 0 Å². The predicted molar refractivity (Wildman–Crippen MR) is 98.4 cm³/mol. The van der Waals surface area contributed by atoms with Gasteiger partial charge in [0.1, 0.15) is 5.75 Å². The van der Waals surface area contributed by atoms with Crippen molar-refractivity contribution in [3.63, 3.8) is 0 Å². The monoisotopic (exact) mass is 323 g/mol. The molecule has 3 nitrogen and oxygen atoms in total. The Morgan fingerprint density at radius 1 is 1.17 bits per heavy atom. The van der Waals surface area contributed by atoms with Crippen molar-refractivity contribution in [2.75, 3.05) is 24.6 Å². The molecular weight excluding hydrogens is 298 g/mol. The fraction of sp³-hybridized carbons (Fsp3) is 0.381. The standard InChI is InChI=1S/C21H25NO2/c1-4-24-18-12-15(2)21(16(3)13-18)20(23)14-22-11-7-9-17-8-5-6-10-19(17)22/h5-6,8,10,12-13H,4,7,9,11,14H2,1-3H3. The van der Waals surface area contributed by atoms with Crippen LogP contribution >= 0.6 is 0 Å². The summed E-state index contributed by atoms with van der Waals surface area (Å²) < 4.78 is 5.58. The minimum atomic E-state index is 0.185. The molecule has 0 amide bonds. The van der Waals surface area contributed by atoms with Gasteiger partial charge in [0, 0.05) is 17.8 Å². The summed E-state index contributed by atoms with van der Waals surface area (Å²) >= 11 is 0. The van der Waals surface area contributed by atoms with Crippen LogP contribution in [0.25, 0.3) is 0 Å². The lowest BCUT2D eigenvalue weighted by atomic mass is 9.96. The second-order valence-electron chi connectivity index (χ2n) is 6.44. The Hall–Kier alpha value is -2.29. The maximum absolute atomic E-state index is 13.0. The molecule has 0 N–H and O–H groups in total. The second kappa shape index (κ2) is 7.08. The minimum Gasteiger partial charge on any atom is -0.494 e. The van der Waals surface area contributed by atoms with E-state index in [-0.39, 0.29) is 5.78 Å². The van der Waals surface area contributed by atoms with Gasteiger partial charge in [-0.3, -0.25) is 4.79 Å². The van der Waals surface area contributed by atoms with Gasteiger partial charge in [-0.1, -0.05) is 18.2 Å². The Labute approximate surface area is 144 Å². The lowest BCUT2D eigenvalue weighted by Gasteiger charge is -2.31. The fourth-order valence-electron chi connectivity index (χ4n) is 3.64. The van der Waals surface area contributed by atoms with Gasteiger partial charge in [-0.2, -0.15) is 0 Å². The SMILES string of the molecule is CCOc1cc(C)c(C(=O)CN2CCCc3ccccc32)c(C)c1. The van der Waals surface area contributed by atoms with Crippen LogP contribution in [0, 0.1) is 13.8 Å². The topological polar surface area (TPSA) is 29.5 Å². The molecule has 126 valence electrons. The van der Waals surface area contributed by atoms with Crippen molar-refractivity contribution in [1.82, 2.24) is 0 Å². The number of carbonyl (C=O) groups is 1. The summed E-state index contributed by atoms with van der Waals surface area (Å²) in [5, 5.41) is 0. The van der Waals surface area contributed by atoms with E-state index in [9.17, 15) is 4.79 Å². The first-order chi connectivity index (χ1) is 11.6. The van der Waals surface area contributed by atoms with Crippen LogP contribution < -0.4 is 9.64 Å². The molecule has 0 saturated heterocycles. The van der Waals surface area contributed by atoms with Crippen molar-refractivity contribution in [3.8, 4) is 5.75 Å². The second-order valence-corrected chi connectivity index (χ2v) is 6.44. The minimum absolute atomic E-state index is 0.185. The van der Waals surface area contributed by atoms with Gasteiger partial charge in [-0.25, -0.2) is 0 Å². The number of ketones is 1. The molecule has 0 spiro atoms. The molecule has 1 aliphatic rings. The fourth-order valence-corrected chi connectivity index (χ4v) is 3.64. The molecule has 0 aromatic heterocycles. The zero-order valence-corrected chi connectivity index (χ0v) is 14.8. The van der Waals surface area contributed by atoms with Crippen LogP contribution in [0.1, 0.15) is 40.4 Å². The van der Waals surface area contributed by atoms with E-state index in [4.69, 9.17) is 4.74 Å².